The predicted molar refractivity (Wildman–Crippen MR) is 57.9 cm³/mol. The summed E-state index contributed by atoms with van der Waals surface area (Å²) in [6.07, 6.45) is 0. The van der Waals surface area contributed by atoms with Gasteiger partial charge in [-0.1, -0.05) is 31.5 Å². The summed E-state index contributed by atoms with van der Waals surface area (Å²) in [6.45, 7) is 4.02. The second-order valence-corrected chi connectivity index (χ2v) is 3.99. The number of nitrogens with zero attached hydrogens (tertiary/aromatic N) is 1. The molecule has 1 aromatic rings. The molecule has 0 aromatic heterocycles. The molecule has 0 fully saturated rings. The average molecular weight is 209 g/mol. The Kier molecular flexibility index (Phi) is 3.51. The van der Waals surface area contributed by atoms with Crippen LogP contribution in [-0.4, -0.2) is 0 Å². The Bertz CT molecular complexity index is 366. The van der Waals surface area contributed by atoms with Crippen molar-refractivity contribution in [3.8, 4) is 6.07 Å². The summed E-state index contributed by atoms with van der Waals surface area (Å²) in [4.78, 5) is 0. The molecular weight excluding hydrogens is 196 g/mol. The van der Waals surface area contributed by atoms with Gasteiger partial charge in [0, 0.05) is 16.6 Å². The molecule has 2 nitrogen and oxygen atoms in total. The molecule has 0 saturated heterocycles. The summed E-state index contributed by atoms with van der Waals surface area (Å²) < 4.78 is 0. The highest BCUT2D eigenvalue weighted by Crippen LogP contribution is 2.29. The summed E-state index contributed by atoms with van der Waals surface area (Å²) >= 11 is 6.02. The fraction of sp³-hybridized carbons (Fsp3) is 0.364. The Hall–Kier alpha value is -1.04. The largest absolute Gasteiger partial charge is 0.324 e. The molecule has 2 N–H and O–H groups in total. The third kappa shape index (κ3) is 2.06. The molecule has 0 aliphatic heterocycles. The topological polar surface area (TPSA) is 49.8 Å². The smallest absolute Gasteiger partial charge is 0.0995 e. The number of hydrogen-bond donors (Lipinski definition) is 1. The van der Waals surface area contributed by atoms with Gasteiger partial charge in [-0.25, -0.2) is 0 Å². The van der Waals surface area contributed by atoms with Gasteiger partial charge in [-0.3, -0.25) is 0 Å². The molecule has 0 aliphatic rings. The fourth-order valence-electron chi connectivity index (χ4n) is 1.31. The lowest BCUT2D eigenvalue weighted by molar-refractivity contribution is 0.513. The molecule has 1 aromatic carbocycles. The lowest BCUT2D eigenvalue weighted by Gasteiger charge is -2.18. The highest BCUT2D eigenvalue weighted by molar-refractivity contribution is 6.31. The zero-order valence-electron chi connectivity index (χ0n) is 8.29. The lowest BCUT2D eigenvalue weighted by atomic mass is 9.93. The van der Waals surface area contributed by atoms with Crippen LogP contribution in [0.5, 0.6) is 0 Å². The van der Waals surface area contributed by atoms with Crippen LogP contribution in [0, 0.1) is 17.2 Å². The Balaban J connectivity index is 3.25. The molecule has 0 amide bonds. The number of hydrogen-bond acceptors (Lipinski definition) is 2. The van der Waals surface area contributed by atoms with E-state index in [1.165, 1.54) is 0 Å². The van der Waals surface area contributed by atoms with Gasteiger partial charge in [0.1, 0.15) is 0 Å². The Morgan fingerprint density at radius 1 is 1.43 bits per heavy atom. The van der Waals surface area contributed by atoms with Crippen LogP contribution < -0.4 is 5.73 Å². The fourth-order valence-corrected chi connectivity index (χ4v) is 1.61. The molecule has 14 heavy (non-hydrogen) atoms. The van der Waals surface area contributed by atoms with Gasteiger partial charge < -0.3 is 5.73 Å². The summed E-state index contributed by atoms with van der Waals surface area (Å²) in [7, 11) is 0. The third-order valence-electron chi connectivity index (χ3n) is 2.22. The molecule has 74 valence electrons. The van der Waals surface area contributed by atoms with Crippen molar-refractivity contribution in [2.45, 2.75) is 19.9 Å². The van der Waals surface area contributed by atoms with E-state index in [0.29, 0.717) is 10.6 Å². The summed E-state index contributed by atoms with van der Waals surface area (Å²) in [5, 5.41) is 9.48. The van der Waals surface area contributed by atoms with Crippen molar-refractivity contribution in [1.29, 1.82) is 5.26 Å². The quantitative estimate of drug-likeness (QED) is 0.813. The van der Waals surface area contributed by atoms with Gasteiger partial charge in [-0.15, -0.1) is 0 Å². The molecule has 1 atom stereocenters. The molecule has 0 aliphatic carbocycles. The van der Waals surface area contributed by atoms with Gasteiger partial charge in [-0.2, -0.15) is 5.26 Å². The number of nitriles is 1. The van der Waals surface area contributed by atoms with Crippen molar-refractivity contribution >= 4 is 11.6 Å². The van der Waals surface area contributed by atoms with Crippen LogP contribution in [0.2, 0.25) is 5.02 Å². The zero-order valence-corrected chi connectivity index (χ0v) is 9.05. The van der Waals surface area contributed by atoms with Crippen LogP contribution in [0.3, 0.4) is 0 Å². The van der Waals surface area contributed by atoms with Gasteiger partial charge in [-0.05, 0) is 18.1 Å². The number of halogens is 1. The van der Waals surface area contributed by atoms with Crippen molar-refractivity contribution in [3.63, 3.8) is 0 Å². The summed E-state index contributed by atoms with van der Waals surface area (Å²) in [6, 6.07) is 7.19. The Morgan fingerprint density at radius 2 is 2.07 bits per heavy atom. The Morgan fingerprint density at radius 3 is 2.57 bits per heavy atom. The SMILES string of the molecule is CC(C)C(N)c1c(Cl)cccc1C#N. The predicted octanol–water partition coefficient (Wildman–Crippen LogP) is 2.87. The molecule has 0 spiro atoms. The molecule has 1 unspecified atom stereocenters. The van der Waals surface area contributed by atoms with E-state index in [4.69, 9.17) is 22.6 Å². The van der Waals surface area contributed by atoms with E-state index in [0.717, 1.165) is 5.56 Å². The molecule has 1 rings (SSSR count). The van der Waals surface area contributed by atoms with Gasteiger partial charge in [0.2, 0.25) is 0 Å². The number of nitrogens with two attached hydrogens (primary N) is 1. The highest BCUT2D eigenvalue weighted by Gasteiger charge is 2.17. The number of rotatable bonds is 2. The molecule has 3 heteroatoms. The van der Waals surface area contributed by atoms with Crippen molar-refractivity contribution in [3.05, 3.63) is 34.3 Å². The van der Waals surface area contributed by atoms with Gasteiger partial charge in [0.25, 0.3) is 0 Å². The minimum atomic E-state index is -0.182. The second-order valence-electron chi connectivity index (χ2n) is 3.58. The molecule has 0 radical (unpaired) electrons. The highest BCUT2D eigenvalue weighted by atomic mass is 35.5. The first-order valence-electron chi connectivity index (χ1n) is 4.52. The van der Waals surface area contributed by atoms with E-state index in [2.05, 4.69) is 6.07 Å². The van der Waals surface area contributed by atoms with Crippen molar-refractivity contribution in [2.24, 2.45) is 11.7 Å². The van der Waals surface area contributed by atoms with Gasteiger partial charge >= 0.3 is 0 Å². The summed E-state index contributed by atoms with van der Waals surface area (Å²) in [5.74, 6) is 0.266. The first kappa shape index (κ1) is 11.0. The molecular formula is C11H13ClN2. The third-order valence-corrected chi connectivity index (χ3v) is 2.55. The van der Waals surface area contributed by atoms with E-state index in [-0.39, 0.29) is 12.0 Å². The van der Waals surface area contributed by atoms with Crippen LogP contribution in [0.4, 0.5) is 0 Å². The van der Waals surface area contributed by atoms with E-state index < -0.39 is 0 Å². The monoisotopic (exact) mass is 208 g/mol. The second kappa shape index (κ2) is 4.45. The van der Waals surface area contributed by atoms with Crippen molar-refractivity contribution < 1.29 is 0 Å². The van der Waals surface area contributed by atoms with Crippen molar-refractivity contribution in [2.75, 3.05) is 0 Å². The lowest BCUT2D eigenvalue weighted by Crippen LogP contribution is -2.18. The molecule has 0 heterocycles. The zero-order chi connectivity index (χ0) is 10.7. The van der Waals surface area contributed by atoms with Crippen LogP contribution in [0.15, 0.2) is 18.2 Å². The van der Waals surface area contributed by atoms with Gasteiger partial charge in [0.05, 0.1) is 11.6 Å². The normalized spacial score (nSPS) is 12.6. The van der Waals surface area contributed by atoms with Gasteiger partial charge in [0.15, 0.2) is 0 Å². The standard InChI is InChI=1S/C11H13ClN2/c1-7(2)11(14)10-8(6-13)4-3-5-9(10)12/h3-5,7,11H,14H2,1-2H3. The maximum atomic E-state index is 8.91. The van der Waals surface area contributed by atoms with E-state index in [1.54, 1.807) is 18.2 Å². The summed E-state index contributed by atoms with van der Waals surface area (Å²) in [5.41, 5.74) is 7.30. The van der Waals surface area contributed by atoms with Crippen molar-refractivity contribution in [1.82, 2.24) is 0 Å². The van der Waals surface area contributed by atoms with Crippen LogP contribution >= 0.6 is 11.6 Å². The maximum Gasteiger partial charge on any atom is 0.0995 e. The van der Waals surface area contributed by atoms with Crippen LogP contribution in [-0.2, 0) is 0 Å². The number of benzene rings is 1. The first-order chi connectivity index (χ1) is 6.57. The Labute approximate surface area is 89.3 Å². The molecule has 0 bridgehead atoms. The minimum Gasteiger partial charge on any atom is -0.324 e. The van der Waals surface area contributed by atoms with Crippen LogP contribution in [0.25, 0.3) is 0 Å². The van der Waals surface area contributed by atoms with E-state index in [1.807, 2.05) is 13.8 Å². The average Bonchev–Trinajstić information content (AvgIpc) is 2.16. The minimum absolute atomic E-state index is 0.182. The van der Waals surface area contributed by atoms with E-state index >= 15 is 0 Å². The maximum absolute atomic E-state index is 8.91. The first-order valence-corrected chi connectivity index (χ1v) is 4.89. The molecule has 0 saturated carbocycles. The van der Waals surface area contributed by atoms with E-state index in [9.17, 15) is 0 Å². The van der Waals surface area contributed by atoms with Crippen LogP contribution in [0.1, 0.15) is 31.0 Å².